The van der Waals surface area contributed by atoms with Gasteiger partial charge >= 0.3 is 0 Å². The molecular formula is C20H19NO4. The summed E-state index contributed by atoms with van der Waals surface area (Å²) in [5, 5.41) is 9.46. The Morgan fingerprint density at radius 3 is 2.24 bits per heavy atom. The number of hydrogen-bond acceptors (Lipinski definition) is 5. The number of aryl methyl sites for hydroxylation is 1. The van der Waals surface area contributed by atoms with Crippen molar-refractivity contribution in [2.24, 2.45) is 0 Å². The third kappa shape index (κ3) is 3.64. The minimum Gasteiger partial charge on any atom is -0.493 e. The lowest BCUT2D eigenvalue weighted by Gasteiger charge is -2.14. The van der Waals surface area contributed by atoms with Crippen molar-refractivity contribution in [3.63, 3.8) is 0 Å². The summed E-state index contributed by atoms with van der Waals surface area (Å²) in [5.74, 6) is 0.962. The summed E-state index contributed by atoms with van der Waals surface area (Å²) in [6.07, 6.45) is 1.50. The molecule has 128 valence electrons. The van der Waals surface area contributed by atoms with Crippen molar-refractivity contribution in [1.29, 1.82) is 5.26 Å². The van der Waals surface area contributed by atoms with Crippen LogP contribution >= 0.6 is 0 Å². The minimum atomic E-state index is -0.336. The molecule has 0 saturated carbocycles. The average molecular weight is 337 g/mol. The zero-order valence-electron chi connectivity index (χ0n) is 14.6. The van der Waals surface area contributed by atoms with Crippen molar-refractivity contribution in [3.05, 3.63) is 58.7 Å². The van der Waals surface area contributed by atoms with Crippen molar-refractivity contribution in [1.82, 2.24) is 0 Å². The van der Waals surface area contributed by atoms with Gasteiger partial charge in [-0.2, -0.15) is 5.26 Å². The summed E-state index contributed by atoms with van der Waals surface area (Å²) in [5.41, 5.74) is 1.88. The van der Waals surface area contributed by atoms with Crippen LogP contribution in [-0.2, 0) is 0 Å². The number of carbonyl (C=O) groups is 1. The molecule has 2 aromatic rings. The number of Topliss-reactive ketones (excluding diaryl/α,β-unsaturated/α-hetero) is 1. The molecule has 0 aliphatic rings. The van der Waals surface area contributed by atoms with Gasteiger partial charge in [-0.05, 0) is 30.7 Å². The van der Waals surface area contributed by atoms with Gasteiger partial charge in [0.1, 0.15) is 11.6 Å². The maximum Gasteiger partial charge on any atom is 0.203 e. The maximum absolute atomic E-state index is 12.7. The Morgan fingerprint density at radius 2 is 1.68 bits per heavy atom. The second-order valence-corrected chi connectivity index (χ2v) is 5.24. The van der Waals surface area contributed by atoms with E-state index >= 15 is 0 Å². The lowest BCUT2D eigenvalue weighted by molar-refractivity contribution is 0.103. The topological polar surface area (TPSA) is 68.5 Å². The van der Waals surface area contributed by atoms with Gasteiger partial charge in [0, 0.05) is 11.1 Å². The molecule has 0 aromatic heterocycles. The molecule has 5 heteroatoms. The van der Waals surface area contributed by atoms with Crippen LogP contribution in [0.15, 0.2) is 42.0 Å². The number of rotatable bonds is 6. The number of nitrogens with zero attached hydrogens (tertiary/aromatic N) is 1. The van der Waals surface area contributed by atoms with Crippen LogP contribution in [0.2, 0.25) is 0 Å². The molecule has 0 fully saturated rings. The van der Waals surface area contributed by atoms with E-state index in [2.05, 4.69) is 0 Å². The molecule has 0 N–H and O–H groups in total. The van der Waals surface area contributed by atoms with E-state index in [4.69, 9.17) is 14.2 Å². The predicted molar refractivity (Wildman–Crippen MR) is 95.2 cm³/mol. The first-order chi connectivity index (χ1) is 12.1. The fourth-order valence-electron chi connectivity index (χ4n) is 2.51. The number of benzene rings is 2. The fraction of sp³-hybridized carbons (Fsp3) is 0.200. The molecule has 0 bridgehead atoms. The van der Waals surface area contributed by atoms with Crippen LogP contribution in [0.4, 0.5) is 0 Å². The van der Waals surface area contributed by atoms with Crippen molar-refractivity contribution < 1.29 is 19.0 Å². The highest BCUT2D eigenvalue weighted by atomic mass is 16.5. The molecule has 0 aliphatic heterocycles. The number of methoxy groups -OCH3 is 3. The van der Waals surface area contributed by atoms with E-state index in [9.17, 15) is 10.1 Å². The predicted octanol–water partition coefficient (Wildman–Crippen LogP) is 3.81. The van der Waals surface area contributed by atoms with Crippen LogP contribution in [0.3, 0.4) is 0 Å². The van der Waals surface area contributed by atoms with E-state index in [0.29, 0.717) is 28.4 Å². The van der Waals surface area contributed by atoms with Gasteiger partial charge in [-0.1, -0.05) is 24.3 Å². The normalized spacial score (nSPS) is 10.8. The van der Waals surface area contributed by atoms with E-state index in [1.54, 1.807) is 24.3 Å². The van der Waals surface area contributed by atoms with Gasteiger partial charge in [0.15, 0.2) is 11.5 Å². The number of ether oxygens (including phenoxy) is 3. The molecule has 0 spiro atoms. The number of nitriles is 1. The highest BCUT2D eigenvalue weighted by Gasteiger charge is 2.18. The summed E-state index contributed by atoms with van der Waals surface area (Å²) in [4.78, 5) is 12.7. The number of allylic oxidation sites excluding steroid dienone is 1. The van der Waals surface area contributed by atoms with E-state index in [1.807, 2.05) is 25.1 Å². The smallest absolute Gasteiger partial charge is 0.203 e. The van der Waals surface area contributed by atoms with E-state index in [0.717, 1.165) is 5.56 Å². The van der Waals surface area contributed by atoms with Gasteiger partial charge in [0.25, 0.3) is 0 Å². The summed E-state index contributed by atoms with van der Waals surface area (Å²) in [6.45, 7) is 1.83. The van der Waals surface area contributed by atoms with Crippen molar-refractivity contribution in [2.45, 2.75) is 6.92 Å². The molecule has 2 rings (SSSR count). The molecule has 25 heavy (non-hydrogen) atoms. The Kier molecular flexibility index (Phi) is 5.80. The first kappa shape index (κ1) is 18.1. The van der Waals surface area contributed by atoms with Gasteiger partial charge in [-0.15, -0.1) is 0 Å². The van der Waals surface area contributed by atoms with E-state index in [-0.39, 0.29) is 11.4 Å². The summed E-state index contributed by atoms with van der Waals surface area (Å²) in [7, 11) is 4.51. The van der Waals surface area contributed by atoms with Crippen LogP contribution in [0.25, 0.3) is 6.08 Å². The lowest BCUT2D eigenvalue weighted by atomic mass is 9.98. The molecule has 0 atom stereocenters. The minimum absolute atomic E-state index is 0.0137. The van der Waals surface area contributed by atoms with E-state index < -0.39 is 0 Å². The van der Waals surface area contributed by atoms with Crippen LogP contribution in [-0.4, -0.2) is 27.1 Å². The summed E-state index contributed by atoms with van der Waals surface area (Å²) >= 11 is 0. The molecule has 0 aliphatic carbocycles. The maximum atomic E-state index is 12.7. The van der Waals surface area contributed by atoms with Crippen molar-refractivity contribution in [2.75, 3.05) is 21.3 Å². The highest BCUT2D eigenvalue weighted by molar-refractivity contribution is 6.14. The van der Waals surface area contributed by atoms with Crippen LogP contribution in [0.1, 0.15) is 21.5 Å². The Hall–Kier alpha value is -3.26. The third-order valence-electron chi connectivity index (χ3n) is 3.79. The highest BCUT2D eigenvalue weighted by Crippen LogP contribution is 2.40. The monoisotopic (exact) mass is 337 g/mol. The molecule has 0 heterocycles. The lowest BCUT2D eigenvalue weighted by Crippen LogP contribution is -2.04. The first-order valence-corrected chi connectivity index (χ1v) is 7.58. The summed E-state index contributed by atoms with van der Waals surface area (Å²) < 4.78 is 16.0. The van der Waals surface area contributed by atoms with Gasteiger partial charge in [-0.3, -0.25) is 4.79 Å². The van der Waals surface area contributed by atoms with Gasteiger partial charge in [-0.25, -0.2) is 0 Å². The Balaban J connectivity index is 2.56. The molecule has 0 unspecified atom stereocenters. The Morgan fingerprint density at radius 1 is 1.00 bits per heavy atom. The van der Waals surface area contributed by atoms with Gasteiger partial charge in [0.2, 0.25) is 11.5 Å². The molecular weight excluding hydrogens is 318 g/mol. The van der Waals surface area contributed by atoms with Crippen LogP contribution in [0, 0.1) is 18.3 Å². The second-order valence-electron chi connectivity index (χ2n) is 5.24. The molecule has 0 radical (unpaired) electrons. The van der Waals surface area contributed by atoms with Crippen LogP contribution in [0.5, 0.6) is 17.2 Å². The largest absolute Gasteiger partial charge is 0.493 e. The average Bonchev–Trinajstić information content (AvgIpc) is 2.65. The quantitative estimate of drug-likeness (QED) is 0.455. The number of carbonyl (C=O) groups excluding carboxylic acids is 1. The summed E-state index contributed by atoms with van der Waals surface area (Å²) in [6, 6.07) is 12.5. The Bertz CT molecular complexity index is 862. The molecule has 0 amide bonds. The number of hydrogen-bond donors (Lipinski definition) is 0. The second kappa shape index (κ2) is 8.02. The van der Waals surface area contributed by atoms with E-state index in [1.165, 1.54) is 27.4 Å². The SMILES string of the molecule is COc1ccc(/C=C(\C#N)C(=O)c2ccccc2C)c(OC)c1OC. The third-order valence-corrected chi connectivity index (χ3v) is 3.79. The standard InChI is InChI=1S/C20H19NO4/c1-13-7-5-6-8-16(13)18(22)15(12-21)11-14-9-10-17(23-2)20(25-4)19(14)24-3/h5-11H,1-4H3/b15-11+. The zero-order valence-corrected chi connectivity index (χ0v) is 14.6. The molecule has 5 nitrogen and oxygen atoms in total. The van der Waals surface area contributed by atoms with Crippen LogP contribution < -0.4 is 14.2 Å². The van der Waals surface area contributed by atoms with Gasteiger partial charge in [0.05, 0.1) is 21.3 Å². The fourth-order valence-corrected chi connectivity index (χ4v) is 2.51. The molecule has 2 aromatic carbocycles. The van der Waals surface area contributed by atoms with Crippen molar-refractivity contribution >= 4 is 11.9 Å². The first-order valence-electron chi connectivity index (χ1n) is 7.58. The molecule has 0 saturated heterocycles. The zero-order chi connectivity index (χ0) is 18.4. The van der Waals surface area contributed by atoms with Crippen molar-refractivity contribution in [3.8, 4) is 23.3 Å². The Labute approximate surface area is 147 Å². The van der Waals surface area contributed by atoms with Gasteiger partial charge < -0.3 is 14.2 Å². The number of ketones is 1.